The second-order valence-electron chi connectivity index (χ2n) is 3.25. The van der Waals surface area contributed by atoms with Crippen molar-refractivity contribution in [3.63, 3.8) is 0 Å². The van der Waals surface area contributed by atoms with Crippen LogP contribution >= 0.6 is 0 Å². The van der Waals surface area contributed by atoms with Crippen molar-refractivity contribution < 1.29 is 4.79 Å². The van der Waals surface area contributed by atoms with Crippen molar-refractivity contribution in [2.24, 2.45) is 17.4 Å². The topological polar surface area (TPSA) is 69.1 Å². The van der Waals surface area contributed by atoms with Crippen LogP contribution in [0, 0.1) is 5.92 Å². The highest BCUT2D eigenvalue weighted by Crippen LogP contribution is 2.07. The summed E-state index contributed by atoms with van der Waals surface area (Å²) < 4.78 is 0. The lowest BCUT2D eigenvalue weighted by molar-refractivity contribution is -0.123. The quantitative estimate of drug-likeness (QED) is 0.618. The van der Waals surface area contributed by atoms with Crippen LogP contribution in [0.3, 0.4) is 0 Å². The summed E-state index contributed by atoms with van der Waals surface area (Å²) in [5, 5.41) is 0. The van der Waals surface area contributed by atoms with Gasteiger partial charge in [-0.15, -0.1) is 0 Å². The van der Waals surface area contributed by atoms with E-state index >= 15 is 0 Å². The second-order valence-corrected chi connectivity index (χ2v) is 3.25. The average molecular weight is 172 g/mol. The molecular weight excluding hydrogens is 152 g/mol. The molecule has 0 aliphatic rings. The number of Topliss-reactive ketones (excluding diaryl/α,β-unsaturated/α-hetero) is 1. The maximum absolute atomic E-state index is 11.4. The maximum atomic E-state index is 11.4. The zero-order valence-electron chi connectivity index (χ0n) is 8.05. The zero-order chi connectivity index (χ0) is 9.56. The number of hydrogen-bond donors (Lipinski definition) is 2. The van der Waals surface area contributed by atoms with Gasteiger partial charge in [-0.05, 0) is 25.8 Å². The summed E-state index contributed by atoms with van der Waals surface area (Å²) in [4.78, 5) is 11.4. The summed E-state index contributed by atoms with van der Waals surface area (Å²) in [6.45, 7) is 4.53. The summed E-state index contributed by atoms with van der Waals surface area (Å²) in [6.07, 6.45) is 2.43. The third-order valence-corrected chi connectivity index (χ3v) is 2.18. The van der Waals surface area contributed by atoms with Crippen LogP contribution in [0.25, 0.3) is 0 Å². The molecule has 0 amide bonds. The van der Waals surface area contributed by atoms with E-state index in [1.54, 1.807) is 0 Å². The van der Waals surface area contributed by atoms with Crippen LogP contribution in [0.2, 0.25) is 0 Å². The first-order chi connectivity index (χ1) is 5.63. The van der Waals surface area contributed by atoms with Gasteiger partial charge >= 0.3 is 0 Å². The minimum absolute atomic E-state index is 0.0952. The Morgan fingerprint density at radius 3 is 2.50 bits per heavy atom. The summed E-state index contributed by atoms with van der Waals surface area (Å²) in [7, 11) is 0. The Kier molecular flexibility index (Phi) is 5.93. The molecule has 2 unspecified atom stereocenters. The molecule has 0 aliphatic heterocycles. The monoisotopic (exact) mass is 172 g/mol. The summed E-state index contributed by atoms with van der Waals surface area (Å²) in [5.41, 5.74) is 11.0. The zero-order valence-corrected chi connectivity index (χ0v) is 8.05. The predicted octanol–water partition coefficient (Wildman–Crippen LogP) is 0.668. The molecule has 3 nitrogen and oxygen atoms in total. The molecule has 0 rings (SSSR count). The van der Waals surface area contributed by atoms with E-state index in [-0.39, 0.29) is 17.7 Å². The van der Waals surface area contributed by atoms with E-state index in [0.29, 0.717) is 6.54 Å². The van der Waals surface area contributed by atoms with Gasteiger partial charge < -0.3 is 11.5 Å². The standard InChI is InChI=1S/C9H20N2O/c1-3-7(2)9(12)8(11)5-4-6-10/h7-8H,3-6,10-11H2,1-2H3. The van der Waals surface area contributed by atoms with Gasteiger partial charge in [0, 0.05) is 5.92 Å². The highest BCUT2D eigenvalue weighted by molar-refractivity contribution is 5.85. The number of carbonyl (C=O) groups excluding carboxylic acids is 1. The molecule has 0 bridgehead atoms. The number of ketones is 1. The lowest BCUT2D eigenvalue weighted by Gasteiger charge is -2.13. The molecule has 0 fully saturated rings. The first-order valence-electron chi connectivity index (χ1n) is 4.62. The number of nitrogens with two attached hydrogens (primary N) is 2. The van der Waals surface area contributed by atoms with Crippen molar-refractivity contribution in [1.29, 1.82) is 0 Å². The normalized spacial score (nSPS) is 15.7. The fourth-order valence-corrected chi connectivity index (χ4v) is 1.05. The van der Waals surface area contributed by atoms with E-state index in [2.05, 4.69) is 0 Å². The Balaban J connectivity index is 3.75. The van der Waals surface area contributed by atoms with Crippen LogP contribution in [-0.4, -0.2) is 18.4 Å². The molecule has 4 N–H and O–H groups in total. The van der Waals surface area contributed by atoms with Gasteiger partial charge in [-0.2, -0.15) is 0 Å². The molecule has 0 spiro atoms. The molecule has 0 saturated heterocycles. The third-order valence-electron chi connectivity index (χ3n) is 2.18. The average Bonchev–Trinajstić information content (AvgIpc) is 2.11. The van der Waals surface area contributed by atoms with Gasteiger partial charge in [0.1, 0.15) is 0 Å². The van der Waals surface area contributed by atoms with E-state index in [4.69, 9.17) is 11.5 Å². The third kappa shape index (κ3) is 3.83. The van der Waals surface area contributed by atoms with Crippen molar-refractivity contribution >= 4 is 5.78 Å². The molecule has 0 aromatic heterocycles. The Morgan fingerprint density at radius 2 is 2.08 bits per heavy atom. The van der Waals surface area contributed by atoms with Gasteiger partial charge in [-0.1, -0.05) is 13.8 Å². The molecule has 0 aliphatic carbocycles. The molecular formula is C9H20N2O. The molecule has 0 aromatic carbocycles. The maximum Gasteiger partial charge on any atom is 0.152 e. The Morgan fingerprint density at radius 1 is 1.50 bits per heavy atom. The minimum Gasteiger partial charge on any atom is -0.330 e. The molecule has 72 valence electrons. The molecule has 0 heterocycles. The Hall–Kier alpha value is -0.410. The Labute approximate surface area is 74.5 Å². The predicted molar refractivity (Wildman–Crippen MR) is 50.7 cm³/mol. The van der Waals surface area contributed by atoms with Gasteiger partial charge in [0.2, 0.25) is 0 Å². The van der Waals surface area contributed by atoms with E-state index in [1.807, 2.05) is 13.8 Å². The highest BCUT2D eigenvalue weighted by Gasteiger charge is 2.17. The van der Waals surface area contributed by atoms with E-state index in [9.17, 15) is 4.79 Å². The number of rotatable bonds is 6. The molecule has 0 radical (unpaired) electrons. The van der Waals surface area contributed by atoms with Crippen molar-refractivity contribution in [3.8, 4) is 0 Å². The Bertz CT molecular complexity index is 136. The SMILES string of the molecule is CCC(C)C(=O)C(N)CCCN. The van der Waals surface area contributed by atoms with Crippen LogP contribution in [0.4, 0.5) is 0 Å². The van der Waals surface area contributed by atoms with Crippen molar-refractivity contribution in [2.45, 2.75) is 39.2 Å². The lowest BCUT2D eigenvalue weighted by Crippen LogP contribution is -2.34. The van der Waals surface area contributed by atoms with Gasteiger partial charge in [0.25, 0.3) is 0 Å². The number of carbonyl (C=O) groups is 1. The molecule has 3 heteroatoms. The molecule has 2 atom stereocenters. The molecule has 0 aromatic rings. The van der Waals surface area contributed by atoms with E-state index < -0.39 is 0 Å². The summed E-state index contributed by atoms with van der Waals surface area (Å²) in [5.74, 6) is 0.267. The van der Waals surface area contributed by atoms with Gasteiger partial charge in [0.15, 0.2) is 5.78 Å². The van der Waals surface area contributed by atoms with Crippen molar-refractivity contribution in [3.05, 3.63) is 0 Å². The largest absolute Gasteiger partial charge is 0.330 e. The van der Waals surface area contributed by atoms with Gasteiger partial charge in [0.05, 0.1) is 6.04 Å². The minimum atomic E-state index is -0.302. The first-order valence-corrected chi connectivity index (χ1v) is 4.62. The lowest BCUT2D eigenvalue weighted by atomic mass is 9.95. The van der Waals surface area contributed by atoms with Crippen LogP contribution in [0.15, 0.2) is 0 Å². The van der Waals surface area contributed by atoms with Crippen LogP contribution < -0.4 is 11.5 Å². The summed E-state index contributed by atoms with van der Waals surface area (Å²) >= 11 is 0. The van der Waals surface area contributed by atoms with Crippen LogP contribution in [-0.2, 0) is 4.79 Å². The highest BCUT2D eigenvalue weighted by atomic mass is 16.1. The molecule has 0 saturated carbocycles. The smallest absolute Gasteiger partial charge is 0.152 e. The fraction of sp³-hybridized carbons (Fsp3) is 0.889. The molecule has 12 heavy (non-hydrogen) atoms. The van der Waals surface area contributed by atoms with E-state index in [0.717, 1.165) is 19.3 Å². The first kappa shape index (κ1) is 11.6. The van der Waals surface area contributed by atoms with Crippen LogP contribution in [0.1, 0.15) is 33.1 Å². The van der Waals surface area contributed by atoms with Gasteiger partial charge in [-0.3, -0.25) is 4.79 Å². The van der Waals surface area contributed by atoms with Gasteiger partial charge in [-0.25, -0.2) is 0 Å². The van der Waals surface area contributed by atoms with Crippen LogP contribution in [0.5, 0.6) is 0 Å². The van der Waals surface area contributed by atoms with Crippen molar-refractivity contribution in [2.75, 3.05) is 6.54 Å². The van der Waals surface area contributed by atoms with E-state index in [1.165, 1.54) is 0 Å². The summed E-state index contributed by atoms with van der Waals surface area (Å²) in [6, 6.07) is -0.302. The fourth-order valence-electron chi connectivity index (χ4n) is 1.05. The second kappa shape index (κ2) is 6.14. The number of hydrogen-bond acceptors (Lipinski definition) is 3. The van der Waals surface area contributed by atoms with Crippen molar-refractivity contribution in [1.82, 2.24) is 0 Å².